The fourth-order valence-corrected chi connectivity index (χ4v) is 2.08. The molecule has 4 nitrogen and oxygen atoms in total. The Morgan fingerprint density at radius 2 is 2.23 bits per heavy atom. The molecule has 1 fully saturated rings. The first-order chi connectivity index (χ1) is 5.95. The summed E-state index contributed by atoms with van der Waals surface area (Å²) in [5, 5.41) is 18.6. The minimum absolute atomic E-state index is 0.307. The summed E-state index contributed by atoms with van der Waals surface area (Å²) in [4.78, 5) is 10.7. The lowest BCUT2D eigenvalue weighted by Gasteiger charge is -2.38. The maximum Gasteiger partial charge on any atom is 0.320 e. The van der Waals surface area contributed by atoms with Gasteiger partial charge >= 0.3 is 5.97 Å². The second kappa shape index (κ2) is 3.64. The predicted octanol–water partition coefficient (Wildman–Crippen LogP) is 0.339. The zero-order valence-corrected chi connectivity index (χ0v) is 7.86. The minimum Gasteiger partial charge on any atom is -0.480 e. The molecule has 1 saturated carbocycles. The van der Waals surface area contributed by atoms with E-state index in [1.165, 1.54) is 0 Å². The molecule has 0 unspecified atom stereocenters. The van der Waals surface area contributed by atoms with Crippen LogP contribution in [-0.2, 0) is 4.79 Å². The van der Waals surface area contributed by atoms with Crippen LogP contribution < -0.4 is 5.73 Å². The van der Waals surface area contributed by atoms with E-state index in [1.807, 2.05) is 0 Å². The Morgan fingerprint density at radius 3 is 2.69 bits per heavy atom. The van der Waals surface area contributed by atoms with E-state index in [2.05, 4.69) is 0 Å². The van der Waals surface area contributed by atoms with Crippen LogP contribution in [0.25, 0.3) is 0 Å². The Labute approximate surface area is 77.7 Å². The van der Waals surface area contributed by atoms with Crippen molar-refractivity contribution in [3.8, 4) is 0 Å². The number of aliphatic hydroxyl groups is 1. The third-order valence-corrected chi connectivity index (χ3v) is 2.97. The van der Waals surface area contributed by atoms with Crippen LogP contribution in [0.2, 0.25) is 0 Å². The first kappa shape index (κ1) is 10.5. The average molecular weight is 187 g/mol. The molecule has 13 heavy (non-hydrogen) atoms. The molecule has 76 valence electrons. The maximum absolute atomic E-state index is 10.7. The fraction of sp³-hybridized carbons (Fsp3) is 0.889. The van der Waals surface area contributed by atoms with Crippen molar-refractivity contribution in [2.45, 2.75) is 44.2 Å². The van der Waals surface area contributed by atoms with Crippen molar-refractivity contribution in [1.82, 2.24) is 0 Å². The quantitative estimate of drug-likeness (QED) is 0.582. The molecule has 0 bridgehead atoms. The van der Waals surface area contributed by atoms with Gasteiger partial charge in [-0.15, -0.1) is 0 Å². The fourth-order valence-electron chi connectivity index (χ4n) is 2.08. The van der Waals surface area contributed by atoms with Gasteiger partial charge in [0.05, 0.1) is 5.60 Å². The molecule has 0 aliphatic heterocycles. The Bertz CT molecular complexity index is 203. The minimum atomic E-state index is -1.02. The summed E-state index contributed by atoms with van der Waals surface area (Å²) in [5.41, 5.74) is 4.60. The SMILES string of the molecule is C[C@@]1(O)CCCC[C@H]1[C@@H](N)C(=O)O. The van der Waals surface area contributed by atoms with Gasteiger partial charge in [0.25, 0.3) is 0 Å². The van der Waals surface area contributed by atoms with Crippen LogP contribution in [0, 0.1) is 5.92 Å². The summed E-state index contributed by atoms with van der Waals surface area (Å²) in [6.07, 6.45) is 3.27. The van der Waals surface area contributed by atoms with E-state index in [1.54, 1.807) is 6.92 Å². The molecule has 3 atom stereocenters. The molecule has 0 amide bonds. The van der Waals surface area contributed by atoms with Gasteiger partial charge in [0.1, 0.15) is 6.04 Å². The maximum atomic E-state index is 10.7. The van der Waals surface area contributed by atoms with Gasteiger partial charge in [-0.05, 0) is 19.8 Å². The molecule has 1 aliphatic carbocycles. The highest BCUT2D eigenvalue weighted by atomic mass is 16.4. The molecule has 4 N–H and O–H groups in total. The topological polar surface area (TPSA) is 83.5 Å². The molecule has 1 rings (SSSR count). The second-order valence-corrected chi connectivity index (χ2v) is 4.07. The van der Waals surface area contributed by atoms with Crippen LogP contribution >= 0.6 is 0 Å². The standard InChI is InChI=1S/C9H17NO3/c1-9(13)5-3-2-4-6(9)7(10)8(11)12/h6-7,13H,2-5,10H2,1H3,(H,11,12)/t6-,7+,9+/m0/s1. The highest BCUT2D eigenvalue weighted by Gasteiger charge is 2.40. The molecule has 0 heterocycles. The van der Waals surface area contributed by atoms with E-state index < -0.39 is 17.6 Å². The third-order valence-electron chi connectivity index (χ3n) is 2.97. The van der Waals surface area contributed by atoms with E-state index in [-0.39, 0.29) is 5.92 Å². The van der Waals surface area contributed by atoms with Gasteiger partial charge in [0, 0.05) is 5.92 Å². The Morgan fingerprint density at radius 1 is 1.62 bits per heavy atom. The number of hydrogen-bond acceptors (Lipinski definition) is 3. The number of rotatable bonds is 2. The van der Waals surface area contributed by atoms with Crippen LogP contribution in [0.5, 0.6) is 0 Å². The molecule has 0 radical (unpaired) electrons. The lowest BCUT2D eigenvalue weighted by atomic mass is 9.73. The summed E-state index contributed by atoms with van der Waals surface area (Å²) in [7, 11) is 0. The highest BCUT2D eigenvalue weighted by Crippen LogP contribution is 2.34. The Hall–Kier alpha value is -0.610. The Balaban J connectivity index is 2.70. The normalized spacial score (nSPS) is 37.0. The Kier molecular flexibility index (Phi) is 2.93. The van der Waals surface area contributed by atoms with Gasteiger partial charge in [-0.3, -0.25) is 4.79 Å². The second-order valence-electron chi connectivity index (χ2n) is 4.07. The summed E-state index contributed by atoms with van der Waals surface area (Å²) in [6.45, 7) is 1.68. The lowest BCUT2D eigenvalue weighted by molar-refractivity contribution is -0.144. The summed E-state index contributed by atoms with van der Waals surface area (Å²) < 4.78 is 0. The van der Waals surface area contributed by atoms with E-state index in [0.717, 1.165) is 12.8 Å². The largest absolute Gasteiger partial charge is 0.480 e. The molecule has 0 aromatic carbocycles. The van der Waals surface area contributed by atoms with Crippen LogP contribution in [0.4, 0.5) is 0 Å². The van der Waals surface area contributed by atoms with E-state index in [9.17, 15) is 9.90 Å². The van der Waals surface area contributed by atoms with Crippen LogP contribution in [0.15, 0.2) is 0 Å². The molecule has 0 aromatic heterocycles. The zero-order valence-electron chi connectivity index (χ0n) is 7.86. The van der Waals surface area contributed by atoms with Gasteiger partial charge in [-0.2, -0.15) is 0 Å². The molecule has 1 aliphatic rings. The van der Waals surface area contributed by atoms with Gasteiger partial charge in [-0.25, -0.2) is 0 Å². The molecule has 0 spiro atoms. The van der Waals surface area contributed by atoms with E-state index in [4.69, 9.17) is 10.8 Å². The van der Waals surface area contributed by atoms with Crippen molar-refractivity contribution in [2.24, 2.45) is 11.7 Å². The van der Waals surface area contributed by atoms with Gasteiger partial charge in [0.2, 0.25) is 0 Å². The predicted molar refractivity (Wildman–Crippen MR) is 48.2 cm³/mol. The first-order valence-electron chi connectivity index (χ1n) is 4.66. The molecule has 0 aromatic rings. The van der Waals surface area contributed by atoms with E-state index >= 15 is 0 Å². The number of nitrogens with two attached hydrogens (primary N) is 1. The molecule has 4 heteroatoms. The van der Waals surface area contributed by atoms with E-state index in [0.29, 0.717) is 12.8 Å². The summed E-state index contributed by atoms with van der Waals surface area (Å²) >= 11 is 0. The number of carboxylic acids is 1. The first-order valence-corrected chi connectivity index (χ1v) is 4.66. The molecular weight excluding hydrogens is 170 g/mol. The average Bonchev–Trinajstić information content (AvgIpc) is 2.02. The smallest absolute Gasteiger partial charge is 0.320 e. The third kappa shape index (κ3) is 2.19. The number of carbonyl (C=O) groups is 1. The monoisotopic (exact) mass is 187 g/mol. The number of carboxylic acid groups (broad SMARTS) is 1. The van der Waals surface area contributed by atoms with Crippen LogP contribution in [0.1, 0.15) is 32.6 Å². The van der Waals surface area contributed by atoms with Crippen LogP contribution in [-0.4, -0.2) is 27.8 Å². The lowest BCUT2D eigenvalue weighted by Crippen LogP contribution is -2.51. The van der Waals surface area contributed by atoms with Crippen molar-refractivity contribution in [2.75, 3.05) is 0 Å². The van der Waals surface area contributed by atoms with Crippen molar-refractivity contribution in [1.29, 1.82) is 0 Å². The summed E-state index contributed by atoms with van der Waals surface area (Å²) in [6, 6.07) is -0.935. The number of aliphatic carboxylic acids is 1. The van der Waals surface area contributed by atoms with Crippen molar-refractivity contribution < 1.29 is 15.0 Å². The molecular formula is C9H17NO3. The van der Waals surface area contributed by atoms with Gasteiger partial charge in [0.15, 0.2) is 0 Å². The zero-order chi connectivity index (χ0) is 10.1. The van der Waals surface area contributed by atoms with Gasteiger partial charge < -0.3 is 15.9 Å². The van der Waals surface area contributed by atoms with Crippen LogP contribution in [0.3, 0.4) is 0 Å². The van der Waals surface area contributed by atoms with Crippen molar-refractivity contribution in [3.63, 3.8) is 0 Å². The molecule has 0 saturated heterocycles. The number of hydrogen-bond donors (Lipinski definition) is 3. The van der Waals surface area contributed by atoms with Crippen molar-refractivity contribution >= 4 is 5.97 Å². The highest BCUT2D eigenvalue weighted by molar-refractivity contribution is 5.73. The van der Waals surface area contributed by atoms with Crippen molar-refractivity contribution in [3.05, 3.63) is 0 Å². The van der Waals surface area contributed by atoms with Gasteiger partial charge in [-0.1, -0.05) is 12.8 Å². The summed E-state index contributed by atoms with van der Waals surface area (Å²) in [5.74, 6) is -1.33.